The Morgan fingerprint density at radius 3 is 2.57 bits per heavy atom. The number of carbonyl (C=O) groups excluding carboxylic acids is 1. The van der Waals surface area contributed by atoms with Crippen molar-refractivity contribution < 1.29 is 27.1 Å². The highest BCUT2D eigenvalue weighted by Crippen LogP contribution is 2.37. The van der Waals surface area contributed by atoms with Gasteiger partial charge in [0.25, 0.3) is 5.91 Å². The summed E-state index contributed by atoms with van der Waals surface area (Å²) in [5, 5.41) is 8.99. The van der Waals surface area contributed by atoms with Gasteiger partial charge in [-0.3, -0.25) is 4.79 Å². The van der Waals surface area contributed by atoms with Crippen LogP contribution in [0.1, 0.15) is 10.5 Å². The zero-order chi connectivity index (χ0) is 15.8. The summed E-state index contributed by atoms with van der Waals surface area (Å²) in [4.78, 5) is 11.1. The number of carbonyl (C=O) groups is 1. The molecule has 6 nitrogen and oxygen atoms in total. The molecule has 0 saturated carbocycles. The normalized spacial score (nSPS) is 11.5. The number of ether oxygens (including phenoxy) is 1. The van der Waals surface area contributed by atoms with Gasteiger partial charge in [-0.2, -0.15) is 15.4 Å². The number of nitrogens with one attached hydrogen (secondary N) is 1. The monoisotopic (exact) mass is 368 g/mol. The SMILES string of the molecule is NC(=O)c1n[nH]nc1-c1c(Br)ccc(OC(F)(F)F)c1F. The summed E-state index contributed by atoms with van der Waals surface area (Å²) < 4.78 is 54.4. The molecule has 3 N–H and O–H groups in total. The minimum atomic E-state index is -5.07. The highest BCUT2D eigenvalue weighted by molar-refractivity contribution is 9.10. The summed E-state index contributed by atoms with van der Waals surface area (Å²) in [7, 11) is 0. The predicted octanol–water partition coefficient (Wildman–Crippen LogP) is 2.37. The molecule has 0 bridgehead atoms. The number of amides is 1. The van der Waals surface area contributed by atoms with Crippen LogP contribution >= 0.6 is 15.9 Å². The van der Waals surface area contributed by atoms with Gasteiger partial charge in [0.05, 0.1) is 5.56 Å². The Morgan fingerprint density at radius 2 is 2.00 bits per heavy atom. The van der Waals surface area contributed by atoms with E-state index in [0.29, 0.717) is 0 Å². The number of nitrogens with two attached hydrogens (primary N) is 1. The number of hydrogen-bond donors (Lipinski definition) is 2. The molecule has 0 saturated heterocycles. The van der Waals surface area contributed by atoms with Crippen LogP contribution in [0.15, 0.2) is 16.6 Å². The zero-order valence-corrected chi connectivity index (χ0v) is 11.4. The molecule has 0 aliphatic heterocycles. The number of halogens is 5. The van der Waals surface area contributed by atoms with Crippen LogP contribution in [0, 0.1) is 5.82 Å². The van der Waals surface area contributed by atoms with Crippen LogP contribution in [0.5, 0.6) is 5.75 Å². The average Bonchev–Trinajstić information content (AvgIpc) is 2.81. The molecule has 0 spiro atoms. The largest absolute Gasteiger partial charge is 0.573 e. The first kappa shape index (κ1) is 15.2. The molecule has 112 valence electrons. The quantitative estimate of drug-likeness (QED) is 0.813. The lowest BCUT2D eigenvalue weighted by atomic mass is 10.1. The van der Waals surface area contributed by atoms with Gasteiger partial charge in [-0.15, -0.1) is 13.2 Å². The van der Waals surface area contributed by atoms with E-state index in [-0.39, 0.29) is 10.2 Å². The number of H-pyrrole nitrogens is 1. The molecular weight excluding hydrogens is 364 g/mol. The van der Waals surface area contributed by atoms with Gasteiger partial charge in [0.1, 0.15) is 5.69 Å². The van der Waals surface area contributed by atoms with Gasteiger partial charge < -0.3 is 10.5 Å². The van der Waals surface area contributed by atoms with Crippen LogP contribution in [-0.2, 0) is 0 Å². The lowest BCUT2D eigenvalue weighted by Crippen LogP contribution is -2.18. The number of alkyl halides is 3. The van der Waals surface area contributed by atoms with E-state index in [0.717, 1.165) is 12.1 Å². The van der Waals surface area contributed by atoms with Crippen LogP contribution < -0.4 is 10.5 Å². The maximum atomic E-state index is 14.2. The van der Waals surface area contributed by atoms with Crippen molar-refractivity contribution >= 4 is 21.8 Å². The van der Waals surface area contributed by atoms with Gasteiger partial charge in [0.15, 0.2) is 17.3 Å². The van der Waals surface area contributed by atoms with Crippen molar-refractivity contribution in [3.8, 4) is 17.0 Å². The number of aromatic nitrogens is 3. The number of aromatic amines is 1. The zero-order valence-electron chi connectivity index (χ0n) is 9.83. The smallest absolute Gasteiger partial charge is 0.403 e. The van der Waals surface area contributed by atoms with E-state index in [4.69, 9.17) is 5.73 Å². The lowest BCUT2D eigenvalue weighted by molar-refractivity contribution is -0.275. The second kappa shape index (κ2) is 5.31. The van der Waals surface area contributed by atoms with Gasteiger partial charge in [0, 0.05) is 4.47 Å². The minimum Gasteiger partial charge on any atom is -0.403 e. The topological polar surface area (TPSA) is 93.9 Å². The molecule has 1 amide bonds. The lowest BCUT2D eigenvalue weighted by Gasteiger charge is -2.12. The van der Waals surface area contributed by atoms with Crippen molar-refractivity contribution in [3.05, 3.63) is 28.1 Å². The van der Waals surface area contributed by atoms with Gasteiger partial charge in [-0.25, -0.2) is 4.39 Å². The third-order valence-corrected chi connectivity index (χ3v) is 2.96. The highest BCUT2D eigenvalue weighted by Gasteiger charge is 2.34. The molecule has 2 aromatic rings. The van der Waals surface area contributed by atoms with E-state index in [2.05, 4.69) is 30.9 Å². The molecule has 0 atom stereocenters. The summed E-state index contributed by atoms with van der Waals surface area (Å²) in [5.41, 5.74) is 3.84. The van der Waals surface area contributed by atoms with E-state index < -0.39 is 35.1 Å². The van der Waals surface area contributed by atoms with Crippen LogP contribution in [0.4, 0.5) is 17.6 Å². The van der Waals surface area contributed by atoms with E-state index in [1.807, 2.05) is 5.21 Å². The molecule has 1 heterocycles. The molecule has 11 heteroatoms. The van der Waals surface area contributed by atoms with E-state index in [1.54, 1.807) is 0 Å². The number of rotatable bonds is 3. The molecule has 0 aliphatic carbocycles. The van der Waals surface area contributed by atoms with Gasteiger partial charge in [0.2, 0.25) is 0 Å². The van der Waals surface area contributed by atoms with Gasteiger partial charge >= 0.3 is 6.36 Å². The first-order valence-corrected chi connectivity index (χ1v) is 5.94. The molecule has 21 heavy (non-hydrogen) atoms. The molecule has 1 aromatic heterocycles. The predicted molar refractivity (Wildman–Crippen MR) is 64.7 cm³/mol. The van der Waals surface area contributed by atoms with E-state index >= 15 is 0 Å². The standard InChI is InChI=1S/C10H5BrF4N4O2/c11-3-1-2-4(21-10(13,14)15)6(12)5(3)7-8(9(16)20)18-19-17-7/h1-2H,(H2,16,20)(H,17,18,19). The maximum Gasteiger partial charge on any atom is 0.573 e. The first-order valence-electron chi connectivity index (χ1n) is 5.15. The fourth-order valence-corrected chi connectivity index (χ4v) is 2.02. The Hall–Kier alpha value is -2.17. The molecule has 1 aromatic carbocycles. The summed E-state index contributed by atoms with van der Waals surface area (Å²) in [5.74, 6) is -3.45. The minimum absolute atomic E-state index is 0.0472. The third kappa shape index (κ3) is 3.12. The first-order chi connectivity index (χ1) is 9.70. The van der Waals surface area contributed by atoms with Gasteiger partial charge in [-0.05, 0) is 28.1 Å². The summed E-state index contributed by atoms with van der Waals surface area (Å²) in [6, 6.07) is 1.89. The molecule has 0 aliphatic rings. The van der Waals surface area contributed by atoms with E-state index in [9.17, 15) is 22.4 Å². The number of primary amides is 1. The van der Waals surface area contributed by atoms with Gasteiger partial charge in [-0.1, -0.05) is 0 Å². The van der Waals surface area contributed by atoms with Crippen molar-refractivity contribution in [2.45, 2.75) is 6.36 Å². The van der Waals surface area contributed by atoms with Crippen molar-refractivity contribution in [1.29, 1.82) is 0 Å². The van der Waals surface area contributed by atoms with Crippen LogP contribution in [0.3, 0.4) is 0 Å². The van der Waals surface area contributed by atoms with Crippen molar-refractivity contribution in [2.75, 3.05) is 0 Å². The summed E-state index contributed by atoms with van der Waals surface area (Å²) in [6.07, 6.45) is -5.07. The summed E-state index contributed by atoms with van der Waals surface area (Å²) >= 11 is 2.96. The fourth-order valence-electron chi connectivity index (χ4n) is 1.53. The van der Waals surface area contributed by atoms with Crippen molar-refractivity contribution in [3.63, 3.8) is 0 Å². The number of nitrogens with zero attached hydrogens (tertiary/aromatic N) is 2. The molecule has 0 unspecified atom stereocenters. The van der Waals surface area contributed by atoms with Crippen LogP contribution in [-0.4, -0.2) is 27.7 Å². The fraction of sp³-hybridized carbons (Fsp3) is 0.100. The van der Waals surface area contributed by atoms with Crippen molar-refractivity contribution in [1.82, 2.24) is 15.4 Å². The Morgan fingerprint density at radius 1 is 1.33 bits per heavy atom. The molecule has 0 radical (unpaired) electrons. The third-order valence-electron chi connectivity index (χ3n) is 2.30. The Bertz CT molecular complexity index is 701. The van der Waals surface area contributed by atoms with Crippen molar-refractivity contribution in [2.24, 2.45) is 5.73 Å². The highest BCUT2D eigenvalue weighted by atomic mass is 79.9. The Kier molecular flexibility index (Phi) is 3.85. The Labute approximate surface area is 122 Å². The molecule has 0 fully saturated rings. The van der Waals surface area contributed by atoms with Crippen LogP contribution in [0.2, 0.25) is 0 Å². The molecular formula is C10H5BrF4N4O2. The average molecular weight is 369 g/mol. The maximum absolute atomic E-state index is 14.2. The van der Waals surface area contributed by atoms with E-state index in [1.165, 1.54) is 0 Å². The Balaban J connectivity index is 2.61. The second-order valence-electron chi connectivity index (χ2n) is 3.67. The molecule has 2 rings (SSSR count). The number of hydrogen-bond acceptors (Lipinski definition) is 4. The van der Waals surface area contributed by atoms with Crippen LogP contribution in [0.25, 0.3) is 11.3 Å². The second-order valence-corrected chi connectivity index (χ2v) is 4.52. The number of benzene rings is 1. The summed E-state index contributed by atoms with van der Waals surface area (Å²) in [6.45, 7) is 0.